The van der Waals surface area contributed by atoms with Gasteiger partial charge in [0.05, 0.1) is 30.9 Å². The van der Waals surface area contributed by atoms with Crippen LogP contribution in [0.15, 0.2) is 63.7 Å². The molecule has 0 saturated carbocycles. The number of carbonyl (C=O) groups excluding carboxylic acids is 1. The number of hydrogen-bond donors (Lipinski definition) is 1. The van der Waals surface area contributed by atoms with Crippen LogP contribution < -0.4 is 14.4 Å². The number of nitrogens with zero attached hydrogens (tertiary/aromatic N) is 2. The molecule has 0 radical (unpaired) electrons. The predicted molar refractivity (Wildman–Crippen MR) is 143 cm³/mol. The van der Waals surface area contributed by atoms with Crippen LogP contribution in [0, 0.1) is 0 Å². The van der Waals surface area contributed by atoms with Crippen LogP contribution in [0.2, 0.25) is 0 Å². The van der Waals surface area contributed by atoms with Gasteiger partial charge in [0, 0.05) is 30.4 Å². The first-order chi connectivity index (χ1) is 16.9. The van der Waals surface area contributed by atoms with Gasteiger partial charge in [-0.25, -0.2) is 9.79 Å². The third kappa shape index (κ3) is 6.19. The molecule has 2 aromatic carbocycles. The van der Waals surface area contributed by atoms with E-state index in [1.165, 1.54) is 11.8 Å². The average Bonchev–Trinajstić information content (AvgIpc) is 3.16. The highest BCUT2D eigenvalue weighted by Crippen LogP contribution is 2.41. The Balaban J connectivity index is 2.04. The van der Waals surface area contributed by atoms with Crippen LogP contribution in [0.25, 0.3) is 6.08 Å². The number of aliphatic hydroxyl groups excluding tert-OH is 1. The first-order valence-electron chi connectivity index (χ1n) is 11.7. The van der Waals surface area contributed by atoms with Crippen molar-refractivity contribution in [1.29, 1.82) is 0 Å². The van der Waals surface area contributed by atoms with Gasteiger partial charge >= 0.3 is 5.97 Å². The molecule has 0 spiro atoms. The van der Waals surface area contributed by atoms with Crippen molar-refractivity contribution in [1.82, 2.24) is 0 Å². The maximum Gasteiger partial charge on any atom is 0.344 e. The number of hydrogen-bond acceptors (Lipinski definition) is 8. The van der Waals surface area contributed by atoms with Crippen molar-refractivity contribution in [2.24, 2.45) is 4.99 Å². The fourth-order valence-electron chi connectivity index (χ4n) is 3.62. The zero-order chi connectivity index (χ0) is 25.4. The van der Waals surface area contributed by atoms with Gasteiger partial charge < -0.3 is 24.2 Å². The molecule has 1 aliphatic rings. The molecule has 0 aliphatic carbocycles. The van der Waals surface area contributed by atoms with Crippen molar-refractivity contribution in [3.05, 3.63) is 64.3 Å². The van der Waals surface area contributed by atoms with Crippen LogP contribution in [0.5, 0.6) is 11.5 Å². The Hall–Kier alpha value is -3.39. The van der Waals surface area contributed by atoms with Gasteiger partial charge in [-0.05, 0) is 70.2 Å². The van der Waals surface area contributed by atoms with Crippen molar-refractivity contribution >= 4 is 40.2 Å². The summed E-state index contributed by atoms with van der Waals surface area (Å²) in [5.74, 6) is 0.635. The van der Waals surface area contributed by atoms with Crippen molar-refractivity contribution in [2.75, 3.05) is 38.3 Å². The van der Waals surface area contributed by atoms with E-state index in [0.29, 0.717) is 33.7 Å². The molecule has 0 amide bonds. The molecule has 0 aromatic heterocycles. The molecular weight excluding hydrogens is 464 g/mol. The van der Waals surface area contributed by atoms with Crippen LogP contribution >= 0.6 is 11.8 Å². The van der Waals surface area contributed by atoms with Crippen LogP contribution in [0.1, 0.15) is 33.3 Å². The molecule has 1 aliphatic heterocycles. The van der Waals surface area contributed by atoms with E-state index < -0.39 is 5.97 Å². The van der Waals surface area contributed by atoms with Crippen molar-refractivity contribution in [3.63, 3.8) is 0 Å². The van der Waals surface area contributed by atoms with Crippen molar-refractivity contribution in [2.45, 2.75) is 27.7 Å². The van der Waals surface area contributed by atoms with E-state index in [9.17, 15) is 9.90 Å². The van der Waals surface area contributed by atoms with Gasteiger partial charge in [-0.3, -0.25) is 0 Å². The number of ether oxygens (including phenoxy) is 3. The number of thioether (sulfide) groups is 1. The van der Waals surface area contributed by atoms with E-state index >= 15 is 0 Å². The van der Waals surface area contributed by atoms with E-state index in [4.69, 9.17) is 14.2 Å². The Kier molecular flexibility index (Phi) is 9.25. The zero-order valence-electron chi connectivity index (χ0n) is 20.8. The van der Waals surface area contributed by atoms with Gasteiger partial charge in [-0.2, -0.15) is 0 Å². The monoisotopic (exact) mass is 496 g/mol. The Labute approximate surface area is 211 Å². The van der Waals surface area contributed by atoms with Gasteiger partial charge in [0.25, 0.3) is 0 Å². The molecule has 1 N–H and O–H groups in total. The van der Waals surface area contributed by atoms with Gasteiger partial charge in [-0.1, -0.05) is 11.8 Å². The second kappa shape index (κ2) is 12.4. The number of aliphatic hydroxyl groups is 1. The number of rotatable bonds is 10. The summed E-state index contributed by atoms with van der Waals surface area (Å²) in [6, 6.07) is 13.1. The lowest BCUT2D eigenvalue weighted by Gasteiger charge is -2.22. The first kappa shape index (κ1) is 26.2. The number of methoxy groups -OCH3 is 1. The van der Waals surface area contributed by atoms with Crippen molar-refractivity contribution in [3.8, 4) is 11.5 Å². The summed E-state index contributed by atoms with van der Waals surface area (Å²) in [5.41, 5.74) is 2.54. The molecule has 0 unspecified atom stereocenters. The minimum Gasteiger partial charge on any atom is -0.506 e. The van der Waals surface area contributed by atoms with Gasteiger partial charge in [0.15, 0.2) is 0 Å². The second-order valence-corrected chi connectivity index (χ2v) is 8.53. The first-order valence-corrected chi connectivity index (χ1v) is 12.5. The molecule has 35 heavy (non-hydrogen) atoms. The second-order valence-electron chi connectivity index (χ2n) is 7.50. The van der Waals surface area contributed by atoms with E-state index in [1.807, 2.05) is 31.2 Å². The number of aliphatic imine (C=N–C) groups is 1. The number of carbonyl (C=O) groups is 1. The number of anilines is 1. The number of benzene rings is 2. The highest BCUT2D eigenvalue weighted by Gasteiger charge is 2.33. The lowest BCUT2D eigenvalue weighted by molar-refractivity contribution is -0.138. The molecule has 0 saturated heterocycles. The Morgan fingerprint density at radius 2 is 1.77 bits per heavy atom. The minimum absolute atomic E-state index is 0.0524. The van der Waals surface area contributed by atoms with Crippen molar-refractivity contribution < 1.29 is 24.1 Å². The van der Waals surface area contributed by atoms with Crippen LogP contribution in [0.4, 0.5) is 11.4 Å². The fraction of sp³-hybridized carbons (Fsp3) is 0.333. The largest absolute Gasteiger partial charge is 0.506 e. The topological polar surface area (TPSA) is 80.6 Å². The predicted octanol–water partition coefficient (Wildman–Crippen LogP) is 6.13. The highest BCUT2D eigenvalue weighted by atomic mass is 32.2. The summed E-state index contributed by atoms with van der Waals surface area (Å²) >= 11 is 1.22. The Morgan fingerprint density at radius 3 is 2.37 bits per heavy atom. The molecule has 0 fully saturated rings. The molecule has 0 bridgehead atoms. The Morgan fingerprint density at radius 1 is 1.06 bits per heavy atom. The molecule has 7 nitrogen and oxygen atoms in total. The molecule has 1 heterocycles. The summed E-state index contributed by atoms with van der Waals surface area (Å²) in [4.78, 5) is 20.0. The summed E-state index contributed by atoms with van der Waals surface area (Å²) < 4.78 is 16.3. The normalized spacial score (nSPS) is 15.6. The van der Waals surface area contributed by atoms with E-state index in [1.54, 1.807) is 38.3 Å². The quantitative estimate of drug-likeness (QED) is 0.396. The zero-order valence-corrected chi connectivity index (χ0v) is 21.6. The molecule has 2 aromatic rings. The minimum atomic E-state index is -0.616. The molecule has 3 rings (SSSR count). The van der Waals surface area contributed by atoms with E-state index in [2.05, 4.69) is 23.7 Å². The third-order valence-corrected chi connectivity index (χ3v) is 6.41. The van der Waals surface area contributed by atoms with E-state index in [0.717, 1.165) is 24.3 Å². The van der Waals surface area contributed by atoms with Crippen LogP contribution in [-0.2, 0) is 9.53 Å². The summed E-state index contributed by atoms with van der Waals surface area (Å²) in [6.45, 7) is 10.3. The summed E-state index contributed by atoms with van der Waals surface area (Å²) in [6.07, 6.45) is 1.81. The smallest absolute Gasteiger partial charge is 0.344 e. The lowest BCUT2D eigenvalue weighted by atomic mass is 10.1. The number of esters is 1. The Bertz CT molecular complexity index is 1130. The van der Waals surface area contributed by atoms with Gasteiger partial charge in [0.2, 0.25) is 0 Å². The third-order valence-electron chi connectivity index (χ3n) is 5.39. The highest BCUT2D eigenvalue weighted by molar-refractivity contribution is 8.18. The molecule has 186 valence electrons. The SMILES string of the molecule is CCOC(=O)C1=C(O)C(=Cc2ccc(N(CC)CC)cc2OCC)SC1=Nc1ccc(OC)cc1. The standard InChI is InChI=1S/C27H32N2O5S/c1-6-29(7-2)20-13-10-18(22(17-20)33-8-3)16-23-25(30)24(27(31)34-9-4)26(35-23)28-19-11-14-21(32-5)15-12-19/h10-17,30H,6-9H2,1-5H3. The van der Waals surface area contributed by atoms with Crippen LogP contribution in [-0.4, -0.2) is 49.5 Å². The summed E-state index contributed by atoms with van der Waals surface area (Å²) in [7, 11) is 1.59. The maximum atomic E-state index is 12.7. The lowest BCUT2D eigenvalue weighted by Crippen LogP contribution is -2.21. The average molecular weight is 497 g/mol. The van der Waals surface area contributed by atoms with Gasteiger partial charge in [0.1, 0.15) is 27.9 Å². The molecule has 0 atom stereocenters. The summed E-state index contributed by atoms with van der Waals surface area (Å²) in [5, 5.41) is 11.4. The van der Waals surface area contributed by atoms with Gasteiger partial charge in [-0.15, -0.1) is 0 Å². The van der Waals surface area contributed by atoms with Crippen LogP contribution in [0.3, 0.4) is 0 Å². The maximum absolute atomic E-state index is 12.7. The molecule has 8 heteroatoms. The van der Waals surface area contributed by atoms with E-state index in [-0.39, 0.29) is 17.9 Å². The fourth-order valence-corrected chi connectivity index (χ4v) is 4.64. The molecular formula is C27H32N2O5S.